The summed E-state index contributed by atoms with van der Waals surface area (Å²) in [4.78, 5) is 13.6. The number of hydrogen-bond donors (Lipinski definition) is 1. The van der Waals surface area contributed by atoms with Crippen molar-refractivity contribution >= 4 is 15.9 Å². The van der Waals surface area contributed by atoms with Gasteiger partial charge in [-0.1, -0.05) is 13.8 Å². The molecular formula is C10H20N2O3S. The summed E-state index contributed by atoms with van der Waals surface area (Å²) in [6.45, 7) is 4.88. The van der Waals surface area contributed by atoms with Gasteiger partial charge < -0.3 is 4.90 Å². The van der Waals surface area contributed by atoms with E-state index < -0.39 is 15.3 Å². The van der Waals surface area contributed by atoms with Crippen molar-refractivity contribution in [2.24, 2.45) is 11.1 Å². The molecule has 1 heterocycles. The van der Waals surface area contributed by atoms with Gasteiger partial charge in [-0.2, -0.15) is 0 Å². The van der Waals surface area contributed by atoms with E-state index in [4.69, 9.17) is 5.14 Å². The molecule has 1 unspecified atom stereocenters. The van der Waals surface area contributed by atoms with Gasteiger partial charge in [-0.05, 0) is 19.3 Å². The molecule has 0 bridgehead atoms. The fourth-order valence-corrected chi connectivity index (χ4v) is 2.76. The number of amides is 1. The standard InChI is InChI=1S/C10H20N2O3S/c1-3-8(2)10(13)12-6-4-9(5-7-12)16(11,14)15/h8-9H,3-7H2,1-2H3,(H2,11,14,15). The van der Waals surface area contributed by atoms with Crippen molar-refractivity contribution in [3.8, 4) is 0 Å². The lowest BCUT2D eigenvalue weighted by Gasteiger charge is -2.32. The molecule has 1 aliphatic heterocycles. The number of carbonyl (C=O) groups excluding carboxylic acids is 1. The van der Waals surface area contributed by atoms with Crippen LogP contribution in [0.3, 0.4) is 0 Å². The van der Waals surface area contributed by atoms with E-state index in [1.54, 1.807) is 4.90 Å². The van der Waals surface area contributed by atoms with Crippen LogP contribution in [0.2, 0.25) is 0 Å². The van der Waals surface area contributed by atoms with Crippen LogP contribution in [-0.2, 0) is 14.8 Å². The molecule has 1 atom stereocenters. The van der Waals surface area contributed by atoms with Gasteiger partial charge in [0.25, 0.3) is 0 Å². The maximum Gasteiger partial charge on any atom is 0.225 e. The first-order valence-corrected chi connectivity index (χ1v) is 7.27. The van der Waals surface area contributed by atoms with Crippen LogP contribution in [0, 0.1) is 5.92 Å². The molecule has 6 heteroatoms. The summed E-state index contributed by atoms with van der Waals surface area (Å²) in [5.41, 5.74) is 0. The summed E-state index contributed by atoms with van der Waals surface area (Å²) in [5, 5.41) is 4.61. The first-order chi connectivity index (χ1) is 7.36. The van der Waals surface area contributed by atoms with Gasteiger partial charge in [-0.3, -0.25) is 4.79 Å². The molecule has 2 N–H and O–H groups in total. The summed E-state index contributed by atoms with van der Waals surface area (Å²) in [7, 11) is -3.44. The van der Waals surface area contributed by atoms with Crippen LogP contribution in [-0.4, -0.2) is 37.6 Å². The van der Waals surface area contributed by atoms with Crippen LogP contribution in [0.25, 0.3) is 0 Å². The monoisotopic (exact) mass is 248 g/mol. The molecule has 0 aromatic heterocycles. The molecule has 0 aromatic carbocycles. The van der Waals surface area contributed by atoms with E-state index in [1.165, 1.54) is 0 Å². The molecule has 0 saturated carbocycles. The van der Waals surface area contributed by atoms with Crippen LogP contribution in [0.5, 0.6) is 0 Å². The highest BCUT2D eigenvalue weighted by atomic mass is 32.2. The molecule has 0 spiro atoms. The Balaban J connectivity index is 2.53. The minimum atomic E-state index is -3.44. The second-order valence-corrected chi connectivity index (χ2v) is 6.27. The van der Waals surface area contributed by atoms with Gasteiger partial charge in [0.2, 0.25) is 15.9 Å². The molecule has 94 valence electrons. The molecule has 1 amide bonds. The number of nitrogens with two attached hydrogens (primary N) is 1. The Labute approximate surface area is 97.0 Å². The number of primary sulfonamides is 1. The SMILES string of the molecule is CCC(C)C(=O)N1CCC(S(N)(=O)=O)CC1. The van der Waals surface area contributed by atoms with E-state index in [0.29, 0.717) is 25.9 Å². The number of likely N-dealkylation sites (tertiary alicyclic amines) is 1. The molecule has 1 aliphatic rings. The summed E-state index contributed by atoms with van der Waals surface area (Å²) in [6, 6.07) is 0. The molecule has 1 fully saturated rings. The first kappa shape index (κ1) is 13.4. The minimum Gasteiger partial charge on any atom is -0.342 e. The van der Waals surface area contributed by atoms with Gasteiger partial charge in [0.1, 0.15) is 0 Å². The molecule has 5 nitrogen and oxygen atoms in total. The van der Waals surface area contributed by atoms with Gasteiger partial charge in [0, 0.05) is 19.0 Å². The Hall–Kier alpha value is -0.620. The summed E-state index contributed by atoms with van der Waals surface area (Å²) in [5.74, 6) is 0.140. The summed E-state index contributed by atoms with van der Waals surface area (Å²) >= 11 is 0. The zero-order valence-electron chi connectivity index (χ0n) is 9.85. The van der Waals surface area contributed by atoms with Gasteiger partial charge in [0.05, 0.1) is 5.25 Å². The van der Waals surface area contributed by atoms with Crippen molar-refractivity contribution < 1.29 is 13.2 Å². The lowest BCUT2D eigenvalue weighted by molar-refractivity contribution is -0.135. The maximum atomic E-state index is 11.8. The van der Waals surface area contributed by atoms with Gasteiger partial charge in [-0.15, -0.1) is 0 Å². The molecule has 0 aromatic rings. The Morgan fingerprint density at radius 3 is 2.31 bits per heavy atom. The number of sulfonamides is 1. The third-order valence-electron chi connectivity index (χ3n) is 3.25. The van der Waals surface area contributed by atoms with E-state index in [-0.39, 0.29) is 11.8 Å². The van der Waals surface area contributed by atoms with Crippen LogP contribution in [0.15, 0.2) is 0 Å². The van der Waals surface area contributed by atoms with Crippen molar-refractivity contribution in [2.75, 3.05) is 13.1 Å². The van der Waals surface area contributed by atoms with E-state index in [2.05, 4.69) is 0 Å². The van der Waals surface area contributed by atoms with Crippen LogP contribution >= 0.6 is 0 Å². The first-order valence-electron chi connectivity index (χ1n) is 5.66. The highest BCUT2D eigenvalue weighted by Gasteiger charge is 2.30. The molecule has 0 aliphatic carbocycles. The van der Waals surface area contributed by atoms with Crippen molar-refractivity contribution in [1.82, 2.24) is 4.90 Å². The smallest absolute Gasteiger partial charge is 0.225 e. The molecule has 16 heavy (non-hydrogen) atoms. The fourth-order valence-electron chi connectivity index (χ4n) is 1.89. The van der Waals surface area contributed by atoms with Crippen molar-refractivity contribution in [1.29, 1.82) is 0 Å². The Morgan fingerprint density at radius 2 is 1.94 bits per heavy atom. The van der Waals surface area contributed by atoms with Crippen LogP contribution in [0.4, 0.5) is 0 Å². The van der Waals surface area contributed by atoms with Gasteiger partial charge in [0.15, 0.2) is 0 Å². The molecule has 1 rings (SSSR count). The second kappa shape index (κ2) is 5.14. The number of carbonyl (C=O) groups is 1. The molecular weight excluding hydrogens is 228 g/mol. The van der Waals surface area contributed by atoms with E-state index in [9.17, 15) is 13.2 Å². The Morgan fingerprint density at radius 1 is 1.44 bits per heavy atom. The Bertz CT molecular complexity index is 345. The largest absolute Gasteiger partial charge is 0.342 e. The highest BCUT2D eigenvalue weighted by Crippen LogP contribution is 2.18. The second-order valence-electron chi connectivity index (χ2n) is 4.42. The minimum absolute atomic E-state index is 0.0195. The predicted octanol–water partition coefficient (Wildman–Crippen LogP) is 0.312. The quantitative estimate of drug-likeness (QED) is 0.780. The third-order valence-corrected chi connectivity index (χ3v) is 4.65. The summed E-state index contributed by atoms with van der Waals surface area (Å²) < 4.78 is 22.3. The summed E-state index contributed by atoms with van der Waals surface area (Å²) in [6.07, 6.45) is 1.73. The van der Waals surface area contributed by atoms with E-state index in [1.807, 2.05) is 13.8 Å². The number of hydrogen-bond acceptors (Lipinski definition) is 3. The van der Waals surface area contributed by atoms with E-state index in [0.717, 1.165) is 6.42 Å². The normalized spacial score (nSPS) is 20.8. The third kappa shape index (κ3) is 3.18. The molecule has 1 saturated heterocycles. The predicted molar refractivity (Wildman–Crippen MR) is 62.2 cm³/mol. The van der Waals surface area contributed by atoms with Crippen molar-refractivity contribution in [3.05, 3.63) is 0 Å². The average molecular weight is 248 g/mol. The number of rotatable bonds is 3. The topological polar surface area (TPSA) is 80.5 Å². The lowest BCUT2D eigenvalue weighted by atomic mass is 10.0. The maximum absolute atomic E-state index is 11.8. The van der Waals surface area contributed by atoms with Crippen LogP contribution in [0.1, 0.15) is 33.1 Å². The van der Waals surface area contributed by atoms with Crippen LogP contribution < -0.4 is 5.14 Å². The van der Waals surface area contributed by atoms with Crippen molar-refractivity contribution in [2.45, 2.75) is 38.4 Å². The van der Waals surface area contributed by atoms with Crippen molar-refractivity contribution in [3.63, 3.8) is 0 Å². The zero-order valence-corrected chi connectivity index (χ0v) is 10.7. The fraction of sp³-hybridized carbons (Fsp3) is 0.900. The zero-order chi connectivity index (χ0) is 12.3. The number of piperidine rings is 1. The molecule has 0 radical (unpaired) electrons. The van der Waals surface area contributed by atoms with E-state index >= 15 is 0 Å². The number of nitrogens with zero attached hydrogens (tertiary/aromatic N) is 1. The average Bonchev–Trinajstić information content (AvgIpc) is 2.26. The van der Waals surface area contributed by atoms with Gasteiger partial charge >= 0.3 is 0 Å². The van der Waals surface area contributed by atoms with Gasteiger partial charge in [-0.25, -0.2) is 13.6 Å². The Kier molecular flexibility index (Phi) is 4.32. The lowest BCUT2D eigenvalue weighted by Crippen LogP contribution is -2.45. The highest BCUT2D eigenvalue weighted by molar-refractivity contribution is 7.89.